The second-order valence-corrected chi connectivity index (χ2v) is 4.38. The van der Waals surface area contributed by atoms with E-state index in [4.69, 9.17) is 9.47 Å². The summed E-state index contributed by atoms with van der Waals surface area (Å²) < 4.78 is 11.0. The first-order valence-corrected chi connectivity index (χ1v) is 6.79. The van der Waals surface area contributed by atoms with Crippen LogP contribution in [-0.4, -0.2) is 19.0 Å². The molecule has 0 aliphatic carbocycles. The van der Waals surface area contributed by atoms with Crippen LogP contribution in [0.25, 0.3) is 0 Å². The minimum Gasteiger partial charge on any atom is -0.493 e. The Balaban J connectivity index is 2.57. The SMILES string of the molecule is CCc1ccc(OCCCCBr)c(OC)c1. The largest absolute Gasteiger partial charge is 0.493 e. The third-order valence-corrected chi connectivity index (χ3v) is 2.98. The number of methoxy groups -OCH3 is 1. The van der Waals surface area contributed by atoms with Crippen LogP contribution in [0, 0.1) is 0 Å². The van der Waals surface area contributed by atoms with Gasteiger partial charge in [-0.2, -0.15) is 0 Å². The highest BCUT2D eigenvalue weighted by Crippen LogP contribution is 2.28. The van der Waals surface area contributed by atoms with Crippen LogP contribution in [0.1, 0.15) is 25.3 Å². The fourth-order valence-corrected chi connectivity index (χ4v) is 1.83. The molecule has 0 bridgehead atoms. The van der Waals surface area contributed by atoms with Gasteiger partial charge >= 0.3 is 0 Å². The zero-order chi connectivity index (χ0) is 11.8. The molecule has 1 aromatic rings. The Morgan fingerprint density at radius 3 is 2.62 bits per heavy atom. The van der Waals surface area contributed by atoms with Gasteiger partial charge in [0.05, 0.1) is 13.7 Å². The van der Waals surface area contributed by atoms with Crippen LogP contribution in [0.3, 0.4) is 0 Å². The van der Waals surface area contributed by atoms with Crippen molar-refractivity contribution in [1.82, 2.24) is 0 Å². The van der Waals surface area contributed by atoms with E-state index < -0.39 is 0 Å². The minimum atomic E-state index is 0.743. The van der Waals surface area contributed by atoms with E-state index in [1.165, 1.54) is 5.56 Å². The highest BCUT2D eigenvalue weighted by Gasteiger charge is 2.04. The molecular formula is C13H19BrO2. The zero-order valence-electron chi connectivity index (χ0n) is 9.96. The first kappa shape index (κ1) is 13.4. The molecule has 0 unspecified atom stereocenters. The van der Waals surface area contributed by atoms with E-state index in [-0.39, 0.29) is 0 Å². The summed E-state index contributed by atoms with van der Waals surface area (Å²) in [7, 11) is 1.68. The molecule has 1 aromatic carbocycles. The molecule has 90 valence electrons. The van der Waals surface area contributed by atoms with Gasteiger partial charge < -0.3 is 9.47 Å². The van der Waals surface area contributed by atoms with Crippen LogP contribution in [0.15, 0.2) is 18.2 Å². The van der Waals surface area contributed by atoms with E-state index in [9.17, 15) is 0 Å². The third-order valence-electron chi connectivity index (χ3n) is 2.42. The van der Waals surface area contributed by atoms with Crippen molar-refractivity contribution in [3.05, 3.63) is 23.8 Å². The quantitative estimate of drug-likeness (QED) is 0.561. The standard InChI is InChI=1S/C13H19BrO2/c1-3-11-6-7-12(13(10-11)15-2)16-9-5-4-8-14/h6-7,10H,3-5,8-9H2,1-2H3. The summed E-state index contributed by atoms with van der Waals surface area (Å²) in [5, 5.41) is 1.03. The maximum absolute atomic E-state index is 5.68. The monoisotopic (exact) mass is 286 g/mol. The third kappa shape index (κ3) is 4.05. The number of ether oxygens (including phenoxy) is 2. The van der Waals surface area contributed by atoms with Crippen molar-refractivity contribution in [1.29, 1.82) is 0 Å². The molecule has 1 rings (SSSR count). The molecule has 0 heterocycles. The number of unbranched alkanes of at least 4 members (excludes halogenated alkanes) is 1. The first-order chi connectivity index (χ1) is 7.81. The van der Waals surface area contributed by atoms with E-state index in [1.807, 2.05) is 12.1 Å². The van der Waals surface area contributed by atoms with Crippen molar-refractivity contribution in [2.75, 3.05) is 19.0 Å². The van der Waals surface area contributed by atoms with Gasteiger partial charge in [-0.3, -0.25) is 0 Å². The van der Waals surface area contributed by atoms with Crippen LogP contribution in [0.2, 0.25) is 0 Å². The van der Waals surface area contributed by atoms with Crippen LogP contribution in [0.4, 0.5) is 0 Å². The maximum Gasteiger partial charge on any atom is 0.161 e. The number of alkyl halides is 1. The minimum absolute atomic E-state index is 0.743. The summed E-state index contributed by atoms with van der Waals surface area (Å²) in [5.41, 5.74) is 1.27. The number of rotatable bonds is 7. The summed E-state index contributed by atoms with van der Waals surface area (Å²) in [6, 6.07) is 6.12. The Morgan fingerprint density at radius 2 is 2.00 bits per heavy atom. The molecule has 0 spiro atoms. The topological polar surface area (TPSA) is 18.5 Å². The number of hydrogen-bond donors (Lipinski definition) is 0. The van der Waals surface area contributed by atoms with Crippen molar-refractivity contribution < 1.29 is 9.47 Å². The highest BCUT2D eigenvalue weighted by atomic mass is 79.9. The molecule has 0 saturated heterocycles. The molecule has 2 nitrogen and oxygen atoms in total. The van der Waals surface area contributed by atoms with Gasteiger partial charge in [0.1, 0.15) is 0 Å². The second-order valence-electron chi connectivity index (χ2n) is 3.58. The Labute approximate surface area is 106 Å². The average Bonchev–Trinajstić information content (AvgIpc) is 2.34. The van der Waals surface area contributed by atoms with Crippen molar-refractivity contribution >= 4 is 15.9 Å². The molecule has 16 heavy (non-hydrogen) atoms. The predicted octanol–water partition coefficient (Wildman–Crippen LogP) is 3.81. The Morgan fingerprint density at radius 1 is 1.19 bits per heavy atom. The van der Waals surface area contributed by atoms with Gasteiger partial charge in [-0.25, -0.2) is 0 Å². The first-order valence-electron chi connectivity index (χ1n) is 5.67. The van der Waals surface area contributed by atoms with Crippen molar-refractivity contribution in [2.45, 2.75) is 26.2 Å². The predicted molar refractivity (Wildman–Crippen MR) is 70.9 cm³/mol. The number of halogens is 1. The molecule has 0 aliphatic rings. The molecule has 0 N–H and O–H groups in total. The Hall–Kier alpha value is -0.700. The highest BCUT2D eigenvalue weighted by molar-refractivity contribution is 9.09. The van der Waals surface area contributed by atoms with Gasteiger partial charge in [-0.1, -0.05) is 28.9 Å². The van der Waals surface area contributed by atoms with E-state index in [1.54, 1.807) is 7.11 Å². The second kappa shape index (κ2) is 7.55. The lowest BCUT2D eigenvalue weighted by molar-refractivity contribution is 0.288. The van der Waals surface area contributed by atoms with Crippen LogP contribution >= 0.6 is 15.9 Å². The molecule has 0 atom stereocenters. The number of benzene rings is 1. The van der Waals surface area contributed by atoms with Crippen molar-refractivity contribution in [2.24, 2.45) is 0 Å². The summed E-state index contributed by atoms with van der Waals surface area (Å²) in [6.45, 7) is 2.87. The number of aryl methyl sites for hydroxylation is 1. The Bertz CT molecular complexity index is 313. The van der Waals surface area contributed by atoms with Gasteiger partial charge in [-0.15, -0.1) is 0 Å². The van der Waals surface area contributed by atoms with Crippen LogP contribution in [0.5, 0.6) is 11.5 Å². The number of hydrogen-bond acceptors (Lipinski definition) is 2. The summed E-state index contributed by atoms with van der Waals surface area (Å²) in [4.78, 5) is 0. The van der Waals surface area contributed by atoms with Gasteiger partial charge in [0.25, 0.3) is 0 Å². The molecular weight excluding hydrogens is 268 g/mol. The zero-order valence-corrected chi connectivity index (χ0v) is 11.5. The lowest BCUT2D eigenvalue weighted by Gasteiger charge is -2.11. The van der Waals surface area contributed by atoms with E-state index in [0.717, 1.165) is 42.7 Å². The lowest BCUT2D eigenvalue weighted by Crippen LogP contribution is -2.00. The smallest absolute Gasteiger partial charge is 0.161 e. The molecule has 0 saturated carbocycles. The molecule has 0 radical (unpaired) electrons. The molecule has 0 amide bonds. The Kier molecular flexibility index (Phi) is 6.31. The molecule has 3 heteroatoms. The molecule has 0 fully saturated rings. The van der Waals surface area contributed by atoms with Crippen LogP contribution in [-0.2, 0) is 6.42 Å². The van der Waals surface area contributed by atoms with Gasteiger partial charge in [0.15, 0.2) is 11.5 Å². The normalized spacial score (nSPS) is 10.2. The van der Waals surface area contributed by atoms with Crippen LogP contribution < -0.4 is 9.47 Å². The van der Waals surface area contributed by atoms with Crippen molar-refractivity contribution in [3.63, 3.8) is 0 Å². The van der Waals surface area contributed by atoms with Gasteiger partial charge in [-0.05, 0) is 37.0 Å². The summed E-state index contributed by atoms with van der Waals surface area (Å²) in [5.74, 6) is 1.67. The summed E-state index contributed by atoms with van der Waals surface area (Å²) >= 11 is 3.40. The maximum atomic E-state index is 5.68. The lowest BCUT2D eigenvalue weighted by atomic mass is 10.1. The average molecular weight is 287 g/mol. The summed E-state index contributed by atoms with van der Waals surface area (Å²) in [6.07, 6.45) is 3.21. The van der Waals surface area contributed by atoms with E-state index in [2.05, 4.69) is 28.9 Å². The molecule has 0 aliphatic heterocycles. The fraction of sp³-hybridized carbons (Fsp3) is 0.538. The van der Waals surface area contributed by atoms with E-state index >= 15 is 0 Å². The molecule has 0 aromatic heterocycles. The van der Waals surface area contributed by atoms with E-state index in [0.29, 0.717) is 0 Å². The fourth-order valence-electron chi connectivity index (χ4n) is 1.43. The van der Waals surface area contributed by atoms with Gasteiger partial charge in [0.2, 0.25) is 0 Å². The van der Waals surface area contributed by atoms with Crippen molar-refractivity contribution in [3.8, 4) is 11.5 Å². The van der Waals surface area contributed by atoms with Gasteiger partial charge in [0, 0.05) is 5.33 Å².